The van der Waals surface area contributed by atoms with Gasteiger partial charge in [-0.1, -0.05) is 11.6 Å². The van der Waals surface area contributed by atoms with E-state index in [-0.39, 0.29) is 17.9 Å². The second kappa shape index (κ2) is 6.58. The number of nitrogens with zero attached hydrogens (tertiary/aromatic N) is 2. The first-order chi connectivity index (χ1) is 11.0. The monoisotopic (exact) mass is 335 g/mol. The molecule has 1 saturated carbocycles. The highest BCUT2D eigenvalue weighted by Crippen LogP contribution is 2.32. The van der Waals surface area contributed by atoms with Gasteiger partial charge in [0.1, 0.15) is 5.82 Å². The summed E-state index contributed by atoms with van der Waals surface area (Å²) in [6.45, 7) is 1.44. The molecule has 1 aliphatic heterocycles. The highest BCUT2D eigenvalue weighted by atomic mass is 35.5. The number of amides is 1. The molecular weight excluding hydrogens is 318 g/mol. The Kier molecular flexibility index (Phi) is 4.52. The zero-order valence-corrected chi connectivity index (χ0v) is 13.3. The molecule has 6 nitrogen and oxygen atoms in total. The number of anilines is 1. The van der Waals surface area contributed by atoms with Crippen LogP contribution in [0.25, 0.3) is 6.08 Å². The Hall–Kier alpha value is -2.08. The summed E-state index contributed by atoms with van der Waals surface area (Å²) in [4.78, 5) is 28.7. The molecule has 3 rings (SSSR count). The molecule has 1 aromatic heterocycles. The van der Waals surface area contributed by atoms with E-state index >= 15 is 0 Å². The van der Waals surface area contributed by atoms with Crippen molar-refractivity contribution in [3.8, 4) is 0 Å². The van der Waals surface area contributed by atoms with E-state index in [1.165, 1.54) is 6.08 Å². The van der Waals surface area contributed by atoms with Crippen molar-refractivity contribution in [2.75, 3.05) is 18.4 Å². The van der Waals surface area contributed by atoms with Gasteiger partial charge in [0.05, 0.1) is 5.02 Å². The summed E-state index contributed by atoms with van der Waals surface area (Å²) in [5.41, 5.74) is 0.625. The average Bonchev–Trinajstić information content (AvgIpc) is 3.26. The van der Waals surface area contributed by atoms with Crippen molar-refractivity contribution in [2.24, 2.45) is 5.92 Å². The number of carboxylic acid groups (broad SMARTS) is 1. The Balaban J connectivity index is 1.60. The third-order valence-corrected chi connectivity index (χ3v) is 4.34. The van der Waals surface area contributed by atoms with Gasteiger partial charge in [-0.2, -0.15) is 0 Å². The molecule has 2 heterocycles. The molecule has 1 unspecified atom stereocenters. The van der Waals surface area contributed by atoms with Crippen LogP contribution in [0.15, 0.2) is 18.3 Å². The number of likely N-dealkylation sites (tertiary alicyclic amines) is 1. The molecule has 1 amide bonds. The van der Waals surface area contributed by atoms with Gasteiger partial charge in [0.2, 0.25) is 5.91 Å². The second-order valence-corrected chi connectivity index (χ2v) is 6.37. The number of hydrogen-bond donors (Lipinski definition) is 2. The maximum absolute atomic E-state index is 12.0. The summed E-state index contributed by atoms with van der Waals surface area (Å²) in [5.74, 6) is 0.0536. The first-order valence-corrected chi connectivity index (χ1v) is 8.02. The van der Waals surface area contributed by atoms with Crippen LogP contribution in [0.5, 0.6) is 0 Å². The highest BCUT2D eigenvalue weighted by Gasteiger charge is 2.36. The quantitative estimate of drug-likeness (QED) is 0.806. The van der Waals surface area contributed by atoms with Crippen LogP contribution < -0.4 is 5.32 Å². The molecule has 2 aliphatic rings. The third kappa shape index (κ3) is 4.01. The first kappa shape index (κ1) is 15.8. The van der Waals surface area contributed by atoms with E-state index in [1.807, 2.05) is 4.90 Å². The van der Waals surface area contributed by atoms with Crippen LogP contribution in [0, 0.1) is 5.92 Å². The van der Waals surface area contributed by atoms with E-state index in [2.05, 4.69) is 10.3 Å². The standard InChI is InChI=1S/C16H18ClN3O3/c17-13-7-10(1-4-14(21)22)8-18-15(13)19-12-5-6-20(9-12)16(23)11-2-3-11/h1,4,7-8,11-12H,2-3,5-6,9H2,(H,18,19)(H,21,22)/b4-1+. The van der Waals surface area contributed by atoms with E-state index in [0.717, 1.165) is 31.9 Å². The summed E-state index contributed by atoms with van der Waals surface area (Å²) in [7, 11) is 0. The molecule has 23 heavy (non-hydrogen) atoms. The van der Waals surface area contributed by atoms with Crippen molar-refractivity contribution >= 4 is 35.4 Å². The summed E-state index contributed by atoms with van der Waals surface area (Å²) in [6, 6.07) is 1.81. The van der Waals surface area contributed by atoms with Gasteiger partial charge < -0.3 is 15.3 Å². The molecule has 0 radical (unpaired) electrons. The van der Waals surface area contributed by atoms with Crippen molar-refractivity contribution in [1.82, 2.24) is 9.88 Å². The molecule has 2 N–H and O–H groups in total. The molecule has 0 aromatic carbocycles. The van der Waals surface area contributed by atoms with Gasteiger partial charge in [-0.25, -0.2) is 9.78 Å². The van der Waals surface area contributed by atoms with Crippen LogP contribution in [0.2, 0.25) is 5.02 Å². The van der Waals surface area contributed by atoms with E-state index in [9.17, 15) is 9.59 Å². The minimum absolute atomic E-state index is 0.142. The van der Waals surface area contributed by atoms with E-state index in [4.69, 9.17) is 16.7 Å². The van der Waals surface area contributed by atoms with Gasteiger partial charge in [-0.15, -0.1) is 0 Å². The van der Waals surface area contributed by atoms with Crippen LogP contribution in [0.3, 0.4) is 0 Å². The Morgan fingerprint density at radius 1 is 1.39 bits per heavy atom. The van der Waals surface area contributed by atoms with Crippen molar-refractivity contribution in [3.63, 3.8) is 0 Å². The van der Waals surface area contributed by atoms with Crippen LogP contribution in [-0.2, 0) is 9.59 Å². The zero-order chi connectivity index (χ0) is 16.4. The maximum Gasteiger partial charge on any atom is 0.328 e. The van der Waals surface area contributed by atoms with Crippen molar-refractivity contribution < 1.29 is 14.7 Å². The number of rotatable bonds is 5. The normalized spacial score (nSPS) is 20.9. The number of hydrogen-bond acceptors (Lipinski definition) is 4. The molecule has 2 fully saturated rings. The van der Waals surface area contributed by atoms with E-state index in [0.29, 0.717) is 22.9 Å². The van der Waals surface area contributed by atoms with Gasteiger partial charge in [0, 0.05) is 37.3 Å². The lowest BCUT2D eigenvalue weighted by Gasteiger charge is -2.17. The topological polar surface area (TPSA) is 82.5 Å². The van der Waals surface area contributed by atoms with Crippen LogP contribution >= 0.6 is 11.6 Å². The lowest BCUT2D eigenvalue weighted by atomic mass is 10.2. The largest absolute Gasteiger partial charge is 0.478 e. The zero-order valence-electron chi connectivity index (χ0n) is 12.5. The number of aliphatic carboxylic acids is 1. The van der Waals surface area contributed by atoms with Crippen LogP contribution in [0.1, 0.15) is 24.8 Å². The van der Waals surface area contributed by atoms with Crippen molar-refractivity contribution in [3.05, 3.63) is 28.9 Å². The number of carbonyl (C=O) groups is 2. The van der Waals surface area contributed by atoms with Crippen molar-refractivity contribution in [2.45, 2.75) is 25.3 Å². The van der Waals surface area contributed by atoms with Gasteiger partial charge in [-0.05, 0) is 37.0 Å². The molecule has 7 heteroatoms. The third-order valence-electron chi connectivity index (χ3n) is 4.05. The van der Waals surface area contributed by atoms with Crippen molar-refractivity contribution in [1.29, 1.82) is 0 Å². The number of aromatic nitrogens is 1. The van der Waals surface area contributed by atoms with E-state index in [1.54, 1.807) is 12.3 Å². The number of halogens is 1. The van der Waals surface area contributed by atoms with Gasteiger partial charge >= 0.3 is 5.97 Å². The average molecular weight is 336 g/mol. The lowest BCUT2D eigenvalue weighted by Crippen LogP contribution is -2.32. The van der Waals surface area contributed by atoms with Gasteiger partial charge in [-0.3, -0.25) is 4.79 Å². The Labute approximate surface area is 139 Å². The first-order valence-electron chi connectivity index (χ1n) is 7.65. The molecule has 0 spiro atoms. The van der Waals surface area contributed by atoms with E-state index < -0.39 is 5.97 Å². The summed E-state index contributed by atoms with van der Waals surface area (Å²) >= 11 is 6.20. The maximum atomic E-state index is 12.0. The second-order valence-electron chi connectivity index (χ2n) is 5.96. The smallest absolute Gasteiger partial charge is 0.328 e. The summed E-state index contributed by atoms with van der Waals surface area (Å²) in [6.07, 6.45) is 6.96. The molecular formula is C16H18ClN3O3. The fourth-order valence-corrected chi connectivity index (χ4v) is 2.91. The minimum atomic E-state index is -1.02. The number of nitrogens with one attached hydrogen (secondary N) is 1. The molecule has 1 aliphatic carbocycles. The van der Waals surface area contributed by atoms with Crippen LogP contribution in [-0.4, -0.2) is 46.0 Å². The predicted octanol–water partition coefficient (Wildman–Crippen LogP) is 2.26. The molecule has 1 atom stereocenters. The molecule has 1 saturated heterocycles. The summed E-state index contributed by atoms with van der Waals surface area (Å²) < 4.78 is 0. The highest BCUT2D eigenvalue weighted by molar-refractivity contribution is 6.33. The number of pyridine rings is 1. The fourth-order valence-electron chi connectivity index (χ4n) is 2.68. The Morgan fingerprint density at radius 3 is 2.83 bits per heavy atom. The molecule has 122 valence electrons. The van der Waals surface area contributed by atoms with Gasteiger partial charge in [0.15, 0.2) is 0 Å². The lowest BCUT2D eigenvalue weighted by molar-refractivity contribution is -0.132. The molecule has 0 bridgehead atoms. The summed E-state index contributed by atoms with van der Waals surface area (Å²) in [5, 5.41) is 12.3. The fraction of sp³-hybridized carbons (Fsp3) is 0.438. The number of carbonyl (C=O) groups excluding carboxylic acids is 1. The Morgan fingerprint density at radius 2 is 2.17 bits per heavy atom. The van der Waals surface area contributed by atoms with Gasteiger partial charge in [0.25, 0.3) is 0 Å². The number of carboxylic acids is 1. The predicted molar refractivity (Wildman–Crippen MR) is 87.2 cm³/mol. The Bertz CT molecular complexity index is 658. The minimum Gasteiger partial charge on any atom is -0.478 e. The SMILES string of the molecule is O=C(O)/C=C/c1cnc(NC2CCN(C(=O)C3CC3)C2)c(Cl)c1. The van der Waals surface area contributed by atoms with Crippen LogP contribution in [0.4, 0.5) is 5.82 Å². The molecule has 1 aromatic rings.